The van der Waals surface area contributed by atoms with Crippen LogP contribution in [0, 0.1) is 0 Å². The zero-order valence-corrected chi connectivity index (χ0v) is 18.4. The predicted molar refractivity (Wildman–Crippen MR) is 109 cm³/mol. The van der Waals surface area contributed by atoms with Crippen LogP contribution in [0.4, 0.5) is 18.0 Å². The molecule has 0 unspecified atom stereocenters. The largest absolute Gasteiger partial charge is 0.444 e. The number of fused-ring (bicyclic) bond motifs is 1. The van der Waals surface area contributed by atoms with Crippen LogP contribution < -0.4 is 0 Å². The van der Waals surface area contributed by atoms with E-state index in [0.29, 0.717) is 12.8 Å². The molecule has 1 aromatic heterocycles. The third-order valence-corrected chi connectivity index (χ3v) is 5.19. The normalized spacial score (nSPS) is 19.9. The Morgan fingerprint density at radius 1 is 1.29 bits per heavy atom. The van der Waals surface area contributed by atoms with Gasteiger partial charge in [0.25, 0.3) is 0 Å². The smallest absolute Gasteiger partial charge is 0.420 e. The van der Waals surface area contributed by atoms with Gasteiger partial charge < -0.3 is 14.3 Å². The Balaban J connectivity index is 2.03. The summed E-state index contributed by atoms with van der Waals surface area (Å²) in [4.78, 5) is 18.4. The number of carbonyl (C=O) groups excluding carboxylic acids is 1. The molecule has 172 valence electrons. The van der Waals surface area contributed by atoms with Gasteiger partial charge in [0.05, 0.1) is 12.1 Å². The molecule has 6 nitrogen and oxygen atoms in total. The molecule has 1 aliphatic rings. The molecule has 1 fully saturated rings. The lowest BCUT2D eigenvalue weighted by atomic mass is 10.1. The van der Waals surface area contributed by atoms with E-state index in [2.05, 4.69) is 4.98 Å². The van der Waals surface area contributed by atoms with Crippen LogP contribution in [0.3, 0.4) is 0 Å². The maximum atomic E-state index is 13.8. The van der Waals surface area contributed by atoms with Crippen molar-refractivity contribution in [1.82, 2.24) is 9.88 Å². The Morgan fingerprint density at radius 3 is 2.48 bits per heavy atom. The highest BCUT2D eigenvalue weighted by Gasteiger charge is 2.38. The van der Waals surface area contributed by atoms with E-state index in [1.807, 2.05) is 0 Å². The molecule has 0 spiro atoms. The molecule has 1 saturated carbocycles. The van der Waals surface area contributed by atoms with Crippen LogP contribution in [0.2, 0.25) is 0 Å². The summed E-state index contributed by atoms with van der Waals surface area (Å²) in [7, 11) is 0. The lowest BCUT2D eigenvalue weighted by Gasteiger charge is -2.33. The van der Waals surface area contributed by atoms with E-state index in [9.17, 15) is 23.1 Å². The maximum Gasteiger partial charge on any atom is 0.420 e. The van der Waals surface area contributed by atoms with Crippen molar-refractivity contribution in [3.63, 3.8) is 0 Å². The number of ether oxygens (including phenoxy) is 1. The number of benzene rings is 1. The van der Waals surface area contributed by atoms with Crippen LogP contribution in [-0.4, -0.2) is 38.8 Å². The van der Waals surface area contributed by atoms with E-state index < -0.39 is 35.6 Å². The monoisotopic (exact) mass is 442 g/mol. The van der Waals surface area contributed by atoms with Gasteiger partial charge in [0, 0.05) is 12.5 Å². The fourth-order valence-corrected chi connectivity index (χ4v) is 3.78. The Bertz CT molecular complexity index is 947. The van der Waals surface area contributed by atoms with Gasteiger partial charge in [0.15, 0.2) is 11.5 Å². The topological polar surface area (TPSA) is 75.8 Å². The van der Waals surface area contributed by atoms with Gasteiger partial charge in [-0.3, -0.25) is 4.90 Å². The van der Waals surface area contributed by atoms with E-state index in [0.717, 1.165) is 12.5 Å². The molecule has 2 aromatic rings. The predicted octanol–water partition coefficient (Wildman–Crippen LogP) is 5.62. The molecule has 1 aromatic carbocycles. The van der Waals surface area contributed by atoms with Crippen LogP contribution in [-0.2, 0) is 17.5 Å². The van der Waals surface area contributed by atoms with Crippen molar-refractivity contribution in [2.45, 2.75) is 90.3 Å². The molecule has 0 aliphatic heterocycles. The highest BCUT2D eigenvalue weighted by molar-refractivity contribution is 5.78. The quantitative estimate of drug-likeness (QED) is 0.665. The molecular weight excluding hydrogens is 413 g/mol. The maximum absolute atomic E-state index is 13.8. The van der Waals surface area contributed by atoms with Gasteiger partial charge in [-0.2, -0.15) is 13.2 Å². The third-order valence-electron chi connectivity index (χ3n) is 5.19. The fraction of sp³-hybridized carbons (Fsp3) is 0.636. The van der Waals surface area contributed by atoms with Crippen LogP contribution in [0.15, 0.2) is 16.5 Å². The van der Waals surface area contributed by atoms with E-state index in [-0.39, 0.29) is 35.0 Å². The standard InChI is InChI=1S/C22H29F3N2O4/c1-12(2)19-26-15-10-13(9-14(18(15)30-19)22(23,24)25)11-27(16-7-6-8-17(16)28)20(29)31-21(3,4)5/h9-10,12,16-17,28H,6-8,11H2,1-5H3/t16-,17-/m1/s1. The molecule has 9 heteroatoms. The SMILES string of the molecule is CC(C)c1nc2cc(CN(C(=O)OC(C)(C)C)[C@@H]3CCC[C@H]3O)cc(C(F)(F)F)c2o1. The van der Waals surface area contributed by atoms with Gasteiger partial charge in [-0.05, 0) is 57.7 Å². The van der Waals surface area contributed by atoms with Crippen LogP contribution in [0.1, 0.15) is 76.8 Å². The van der Waals surface area contributed by atoms with Crippen molar-refractivity contribution >= 4 is 17.2 Å². The number of amides is 1. The van der Waals surface area contributed by atoms with Crippen molar-refractivity contribution in [2.24, 2.45) is 0 Å². The van der Waals surface area contributed by atoms with Gasteiger partial charge in [0.2, 0.25) is 0 Å². The summed E-state index contributed by atoms with van der Waals surface area (Å²) < 4.78 is 52.1. The molecule has 3 rings (SSSR count). The minimum Gasteiger partial charge on any atom is -0.444 e. The van der Waals surface area contributed by atoms with Gasteiger partial charge in [-0.25, -0.2) is 9.78 Å². The summed E-state index contributed by atoms with van der Waals surface area (Å²) in [6, 6.07) is 1.96. The average molecular weight is 442 g/mol. The zero-order valence-electron chi connectivity index (χ0n) is 18.4. The summed E-state index contributed by atoms with van der Waals surface area (Å²) in [6.07, 6.45) is -4.27. The van der Waals surface area contributed by atoms with Crippen molar-refractivity contribution in [3.05, 3.63) is 29.2 Å². The molecule has 1 N–H and O–H groups in total. The number of rotatable bonds is 4. The minimum atomic E-state index is -4.65. The molecule has 1 heterocycles. The second-order valence-electron chi connectivity index (χ2n) is 9.37. The lowest BCUT2D eigenvalue weighted by Crippen LogP contribution is -2.46. The first kappa shape index (κ1) is 23.4. The Morgan fingerprint density at radius 2 is 1.97 bits per heavy atom. The Kier molecular flexibility index (Phi) is 6.28. The fourth-order valence-electron chi connectivity index (χ4n) is 3.78. The number of nitrogens with zero attached hydrogens (tertiary/aromatic N) is 2. The van der Waals surface area contributed by atoms with E-state index >= 15 is 0 Å². The van der Waals surface area contributed by atoms with Crippen molar-refractivity contribution in [3.8, 4) is 0 Å². The third kappa shape index (κ3) is 5.31. The number of hydrogen-bond acceptors (Lipinski definition) is 5. The number of oxazole rings is 1. The summed E-state index contributed by atoms with van der Waals surface area (Å²) in [6.45, 7) is 8.56. The summed E-state index contributed by atoms with van der Waals surface area (Å²) in [5, 5.41) is 10.3. The zero-order chi connectivity index (χ0) is 23.1. The molecule has 31 heavy (non-hydrogen) atoms. The number of aliphatic hydroxyl groups excluding tert-OH is 1. The first-order valence-electron chi connectivity index (χ1n) is 10.4. The average Bonchev–Trinajstić information content (AvgIpc) is 3.22. The summed E-state index contributed by atoms with van der Waals surface area (Å²) in [5.41, 5.74) is -1.70. The van der Waals surface area contributed by atoms with Gasteiger partial charge in [-0.1, -0.05) is 13.8 Å². The van der Waals surface area contributed by atoms with Crippen LogP contribution in [0.5, 0.6) is 0 Å². The van der Waals surface area contributed by atoms with E-state index in [1.165, 1.54) is 11.0 Å². The Hall–Kier alpha value is -2.29. The molecule has 1 amide bonds. The van der Waals surface area contributed by atoms with E-state index in [4.69, 9.17) is 9.15 Å². The first-order chi connectivity index (χ1) is 14.3. The highest BCUT2D eigenvalue weighted by atomic mass is 19.4. The van der Waals surface area contributed by atoms with E-state index in [1.54, 1.807) is 34.6 Å². The minimum absolute atomic E-state index is 0.0876. The molecule has 1 aliphatic carbocycles. The lowest BCUT2D eigenvalue weighted by molar-refractivity contribution is -0.136. The van der Waals surface area contributed by atoms with Crippen LogP contribution in [0.25, 0.3) is 11.1 Å². The van der Waals surface area contributed by atoms with Gasteiger partial charge in [0.1, 0.15) is 16.7 Å². The Labute approximate surface area is 179 Å². The molecular formula is C22H29F3N2O4. The number of hydrogen-bond donors (Lipinski definition) is 1. The van der Waals surface area contributed by atoms with Gasteiger partial charge in [-0.15, -0.1) is 0 Å². The van der Waals surface area contributed by atoms with Gasteiger partial charge >= 0.3 is 12.3 Å². The second kappa shape index (κ2) is 8.33. The second-order valence-corrected chi connectivity index (χ2v) is 9.37. The number of halogens is 3. The molecule has 0 bridgehead atoms. The molecule has 0 saturated heterocycles. The van der Waals surface area contributed by atoms with Crippen molar-refractivity contribution in [2.75, 3.05) is 0 Å². The van der Waals surface area contributed by atoms with Crippen molar-refractivity contribution < 1.29 is 32.2 Å². The molecule has 0 radical (unpaired) electrons. The van der Waals surface area contributed by atoms with Crippen LogP contribution >= 0.6 is 0 Å². The highest BCUT2D eigenvalue weighted by Crippen LogP contribution is 2.38. The van der Waals surface area contributed by atoms with Crippen molar-refractivity contribution in [1.29, 1.82) is 0 Å². The first-order valence-corrected chi connectivity index (χ1v) is 10.4. The molecule has 2 atom stereocenters. The number of carbonyl (C=O) groups is 1. The number of alkyl halides is 3. The number of aliphatic hydroxyl groups is 1. The number of aromatic nitrogens is 1. The summed E-state index contributed by atoms with van der Waals surface area (Å²) >= 11 is 0. The summed E-state index contributed by atoms with van der Waals surface area (Å²) in [5.74, 6) is 0.0386.